The van der Waals surface area contributed by atoms with Gasteiger partial charge in [0.1, 0.15) is 5.15 Å². The minimum Gasteiger partial charge on any atom is -0.243 e. The number of carbonyl (C=O) groups excluding carboxylic acids is 1. The quantitative estimate of drug-likeness (QED) is 0.472. The zero-order chi connectivity index (χ0) is 10.2. The number of nitrogens with zero attached hydrogens (tertiary/aromatic N) is 2. The summed E-state index contributed by atoms with van der Waals surface area (Å²) < 4.78 is 0.832. The number of aromatic nitrogens is 1. The summed E-state index contributed by atoms with van der Waals surface area (Å²) >= 11 is 9.14. The van der Waals surface area contributed by atoms with Gasteiger partial charge in [-0.05, 0) is 40.4 Å². The Kier molecular flexibility index (Phi) is 2.43. The minimum absolute atomic E-state index is 0.396. The number of hydrogen-bond donors (Lipinski definition) is 0. The van der Waals surface area contributed by atoms with E-state index in [2.05, 4.69) is 25.9 Å². The molecule has 72 valence electrons. The molecule has 0 N–H and O–H groups in total. The van der Waals surface area contributed by atoms with Crippen LogP contribution < -0.4 is 0 Å². The average Bonchev–Trinajstić information content (AvgIpc) is 2.91. The highest BCUT2D eigenvalue weighted by molar-refractivity contribution is 9.10. The first-order valence-electron chi connectivity index (χ1n) is 4.08. The second-order valence-corrected chi connectivity index (χ2v) is 4.46. The molecule has 3 nitrogen and oxygen atoms in total. The Labute approximate surface area is 94.3 Å². The van der Waals surface area contributed by atoms with Crippen molar-refractivity contribution < 1.29 is 4.79 Å². The largest absolute Gasteiger partial charge is 0.243 e. The van der Waals surface area contributed by atoms with Crippen molar-refractivity contribution in [2.24, 2.45) is 4.99 Å². The third-order valence-corrected chi connectivity index (χ3v) is 3.15. The molecule has 5 heteroatoms. The summed E-state index contributed by atoms with van der Waals surface area (Å²) in [5.74, 6) is 0. The standard InChI is InChI=1S/C9H6BrClN2O/c10-7-4-12-8(11)3-6(7)9(1-2-9)13-5-14/h3-4H,1-2H2. The van der Waals surface area contributed by atoms with Crippen molar-refractivity contribution in [3.63, 3.8) is 0 Å². The number of rotatable bonds is 2. The van der Waals surface area contributed by atoms with Gasteiger partial charge < -0.3 is 0 Å². The van der Waals surface area contributed by atoms with Gasteiger partial charge >= 0.3 is 0 Å². The van der Waals surface area contributed by atoms with Gasteiger partial charge in [0.2, 0.25) is 6.08 Å². The van der Waals surface area contributed by atoms with E-state index in [0.717, 1.165) is 22.9 Å². The zero-order valence-corrected chi connectivity index (χ0v) is 9.47. The summed E-state index contributed by atoms with van der Waals surface area (Å²) in [4.78, 5) is 18.0. The van der Waals surface area contributed by atoms with Crippen LogP contribution in [0.15, 0.2) is 21.7 Å². The molecule has 0 saturated heterocycles. The van der Waals surface area contributed by atoms with Crippen LogP contribution in [0, 0.1) is 0 Å². The first-order valence-corrected chi connectivity index (χ1v) is 5.26. The summed E-state index contributed by atoms with van der Waals surface area (Å²) in [5.41, 5.74) is 0.522. The second-order valence-electron chi connectivity index (χ2n) is 3.22. The molecule has 1 aliphatic carbocycles. The fraction of sp³-hybridized carbons (Fsp3) is 0.333. The second kappa shape index (κ2) is 3.46. The monoisotopic (exact) mass is 272 g/mol. The molecule has 14 heavy (non-hydrogen) atoms. The SMILES string of the molecule is O=C=NC1(c2cc(Cl)ncc2Br)CC1. The highest BCUT2D eigenvalue weighted by Crippen LogP contribution is 2.51. The molecular formula is C9H6BrClN2O. The highest BCUT2D eigenvalue weighted by atomic mass is 79.9. The Morgan fingerprint density at radius 2 is 2.36 bits per heavy atom. The summed E-state index contributed by atoms with van der Waals surface area (Å²) in [5, 5.41) is 0.413. The van der Waals surface area contributed by atoms with Gasteiger partial charge in [-0.3, -0.25) is 0 Å². The van der Waals surface area contributed by atoms with Gasteiger partial charge in [-0.15, -0.1) is 0 Å². The molecule has 1 aromatic rings. The van der Waals surface area contributed by atoms with E-state index in [1.807, 2.05) is 0 Å². The van der Waals surface area contributed by atoms with Gasteiger partial charge in [0.15, 0.2) is 0 Å². The Morgan fingerprint density at radius 1 is 1.64 bits per heavy atom. The number of halogens is 2. The maximum Gasteiger partial charge on any atom is 0.235 e. The van der Waals surface area contributed by atoms with E-state index in [9.17, 15) is 4.79 Å². The molecule has 0 radical (unpaired) electrons. The third-order valence-electron chi connectivity index (χ3n) is 2.31. The fourth-order valence-electron chi connectivity index (χ4n) is 1.42. The van der Waals surface area contributed by atoms with Gasteiger partial charge in [0.05, 0.1) is 5.54 Å². The van der Waals surface area contributed by atoms with Crippen LogP contribution in [0.5, 0.6) is 0 Å². The topological polar surface area (TPSA) is 42.3 Å². The highest BCUT2D eigenvalue weighted by Gasteiger charge is 2.46. The van der Waals surface area contributed by atoms with E-state index in [-0.39, 0.29) is 0 Å². The van der Waals surface area contributed by atoms with Crippen molar-refractivity contribution in [3.05, 3.63) is 27.5 Å². The molecule has 1 saturated carbocycles. The lowest BCUT2D eigenvalue weighted by molar-refractivity contribution is 0.556. The molecule has 0 aromatic carbocycles. The smallest absolute Gasteiger partial charge is 0.235 e. The lowest BCUT2D eigenvalue weighted by atomic mass is 10.1. The first-order chi connectivity index (χ1) is 6.68. The van der Waals surface area contributed by atoms with E-state index in [0.29, 0.717) is 5.15 Å². The van der Waals surface area contributed by atoms with Crippen molar-refractivity contribution in [3.8, 4) is 0 Å². The van der Waals surface area contributed by atoms with E-state index in [1.54, 1.807) is 18.3 Å². The normalized spacial score (nSPS) is 17.3. The van der Waals surface area contributed by atoms with Gasteiger partial charge in [-0.25, -0.2) is 9.78 Å². The number of aliphatic imine (C=N–C) groups is 1. The summed E-state index contributed by atoms with van der Waals surface area (Å²) in [6.45, 7) is 0. The van der Waals surface area contributed by atoms with Crippen LogP contribution in [0.4, 0.5) is 0 Å². The minimum atomic E-state index is -0.396. The Balaban J connectivity index is 2.50. The molecule has 2 rings (SSSR count). The maximum atomic E-state index is 10.3. The molecule has 0 aliphatic heterocycles. The van der Waals surface area contributed by atoms with Crippen LogP contribution in [-0.4, -0.2) is 11.1 Å². The molecular weight excluding hydrogens is 267 g/mol. The number of isocyanates is 1. The molecule has 0 spiro atoms. The molecule has 1 aliphatic rings. The Bertz CT molecular complexity index is 425. The predicted octanol–water partition coefficient (Wildman–Crippen LogP) is 2.82. The van der Waals surface area contributed by atoms with Gasteiger partial charge in [-0.2, -0.15) is 4.99 Å². The Morgan fingerprint density at radius 3 is 2.93 bits per heavy atom. The predicted molar refractivity (Wildman–Crippen MR) is 56.0 cm³/mol. The van der Waals surface area contributed by atoms with Crippen LogP contribution in [0.25, 0.3) is 0 Å². The number of hydrogen-bond acceptors (Lipinski definition) is 3. The van der Waals surface area contributed by atoms with Crippen molar-refractivity contribution in [2.75, 3.05) is 0 Å². The number of pyridine rings is 1. The maximum absolute atomic E-state index is 10.3. The Hall–Kier alpha value is -0.700. The molecule has 0 atom stereocenters. The van der Waals surface area contributed by atoms with Gasteiger partial charge in [0, 0.05) is 10.7 Å². The lowest BCUT2D eigenvalue weighted by Gasteiger charge is -2.09. The first kappa shape index (κ1) is 9.84. The molecule has 1 aromatic heterocycles. The van der Waals surface area contributed by atoms with E-state index in [1.165, 1.54) is 0 Å². The van der Waals surface area contributed by atoms with E-state index in [4.69, 9.17) is 11.6 Å². The lowest BCUT2D eigenvalue weighted by Crippen LogP contribution is -2.03. The third kappa shape index (κ3) is 1.61. The van der Waals surface area contributed by atoms with Crippen LogP contribution >= 0.6 is 27.5 Å². The van der Waals surface area contributed by atoms with E-state index < -0.39 is 5.54 Å². The zero-order valence-electron chi connectivity index (χ0n) is 7.13. The summed E-state index contributed by atoms with van der Waals surface area (Å²) in [6.07, 6.45) is 4.95. The van der Waals surface area contributed by atoms with Crippen LogP contribution in [-0.2, 0) is 10.3 Å². The van der Waals surface area contributed by atoms with Gasteiger partial charge in [0.25, 0.3) is 0 Å². The van der Waals surface area contributed by atoms with Crippen LogP contribution in [0.3, 0.4) is 0 Å². The van der Waals surface area contributed by atoms with Crippen LogP contribution in [0.1, 0.15) is 18.4 Å². The van der Waals surface area contributed by atoms with Gasteiger partial charge in [-0.1, -0.05) is 11.6 Å². The molecule has 0 bridgehead atoms. The van der Waals surface area contributed by atoms with Crippen molar-refractivity contribution in [2.45, 2.75) is 18.4 Å². The molecule has 1 heterocycles. The van der Waals surface area contributed by atoms with Crippen molar-refractivity contribution in [1.29, 1.82) is 0 Å². The van der Waals surface area contributed by atoms with Crippen LogP contribution in [0.2, 0.25) is 5.15 Å². The average molecular weight is 274 g/mol. The summed E-state index contributed by atoms with van der Waals surface area (Å²) in [6, 6.07) is 1.74. The summed E-state index contributed by atoms with van der Waals surface area (Å²) in [7, 11) is 0. The molecule has 1 fully saturated rings. The molecule has 0 amide bonds. The molecule has 0 unspecified atom stereocenters. The van der Waals surface area contributed by atoms with Crippen molar-refractivity contribution >= 4 is 33.6 Å². The fourth-order valence-corrected chi connectivity index (χ4v) is 2.16. The van der Waals surface area contributed by atoms with E-state index >= 15 is 0 Å². The van der Waals surface area contributed by atoms with Crippen molar-refractivity contribution in [1.82, 2.24) is 4.98 Å².